The molecule has 1 aromatic heterocycles. The molecular weight excluding hydrogens is 348 g/mol. The number of nitrogens with two attached hydrogens (primary N) is 1. The number of rotatable bonds is 5. The van der Waals surface area contributed by atoms with Crippen LogP contribution in [0.25, 0.3) is 0 Å². The number of aromatic amines is 1. The molecule has 1 aromatic carbocycles. The van der Waals surface area contributed by atoms with Gasteiger partial charge in [0, 0.05) is 6.07 Å². The van der Waals surface area contributed by atoms with E-state index in [1.54, 1.807) is 12.1 Å². The van der Waals surface area contributed by atoms with E-state index in [0.717, 1.165) is 17.8 Å². The maximum absolute atomic E-state index is 12.2. The van der Waals surface area contributed by atoms with E-state index >= 15 is 0 Å². The number of hydrogen-bond acceptors (Lipinski definition) is 8. The predicted molar refractivity (Wildman–Crippen MR) is 91.2 cm³/mol. The predicted octanol–water partition coefficient (Wildman–Crippen LogP) is 1.01. The molecule has 0 saturated heterocycles. The van der Waals surface area contributed by atoms with E-state index in [2.05, 4.69) is 15.3 Å². The molecule has 25 heavy (non-hydrogen) atoms. The van der Waals surface area contributed by atoms with Gasteiger partial charge in [-0.15, -0.1) is 0 Å². The molecule has 1 aliphatic rings. The van der Waals surface area contributed by atoms with Crippen molar-refractivity contribution in [1.82, 2.24) is 9.97 Å². The van der Waals surface area contributed by atoms with Gasteiger partial charge in [-0.05, 0) is 19.1 Å². The summed E-state index contributed by atoms with van der Waals surface area (Å²) in [5, 5.41) is 2.89. The zero-order valence-electron chi connectivity index (χ0n) is 13.1. The Balaban J connectivity index is 1.73. The normalized spacial score (nSPS) is 12.0. The zero-order chi connectivity index (χ0) is 18.0. The van der Waals surface area contributed by atoms with Crippen molar-refractivity contribution in [3.8, 4) is 11.5 Å². The number of amides is 1. The minimum Gasteiger partial charge on any atom is -0.454 e. The van der Waals surface area contributed by atoms with Gasteiger partial charge in [-0.25, -0.2) is 4.98 Å². The number of hydrogen-bond donors (Lipinski definition) is 3. The van der Waals surface area contributed by atoms with Crippen molar-refractivity contribution in [2.75, 3.05) is 23.6 Å². The molecule has 0 radical (unpaired) electrons. The quantitative estimate of drug-likeness (QED) is 0.407. The fourth-order valence-corrected chi connectivity index (χ4v) is 2.95. The molecule has 2 aromatic rings. The van der Waals surface area contributed by atoms with Crippen molar-refractivity contribution in [3.63, 3.8) is 0 Å². The van der Waals surface area contributed by atoms with E-state index in [0.29, 0.717) is 17.2 Å². The molecule has 1 aliphatic heterocycles. The fraction of sp³-hybridized carbons (Fsp3) is 0.200. The van der Waals surface area contributed by atoms with Gasteiger partial charge >= 0.3 is 0 Å². The lowest BCUT2D eigenvalue weighted by molar-refractivity contribution is -0.113. The van der Waals surface area contributed by atoms with Crippen LogP contribution in [0.4, 0.5) is 11.5 Å². The number of fused-ring (bicyclic) bond motifs is 1. The molecule has 0 bridgehead atoms. The van der Waals surface area contributed by atoms with Crippen LogP contribution in [0.15, 0.2) is 28.2 Å². The Kier molecular flexibility index (Phi) is 4.61. The highest BCUT2D eigenvalue weighted by Crippen LogP contribution is 2.39. The summed E-state index contributed by atoms with van der Waals surface area (Å²) in [6.07, 6.45) is 0. The largest absolute Gasteiger partial charge is 0.454 e. The second kappa shape index (κ2) is 6.85. The van der Waals surface area contributed by atoms with Crippen LogP contribution in [-0.4, -0.2) is 34.2 Å². The van der Waals surface area contributed by atoms with Gasteiger partial charge in [-0.1, -0.05) is 11.8 Å². The standard InChI is InChI=1S/C15H14N4O5S/c1-7(20)13-8(2-3-9-14(13)24-6-23-9)17-12(22)5-25-15-18-10(16)4-11(21)19-15/h2-4H,5-6H2,1H3,(H,17,22)(H3,16,18,19,21). The molecule has 0 spiro atoms. The summed E-state index contributed by atoms with van der Waals surface area (Å²) in [6.45, 7) is 1.40. The molecule has 1 amide bonds. The minimum absolute atomic E-state index is 0.0251. The summed E-state index contributed by atoms with van der Waals surface area (Å²) in [6, 6.07) is 4.35. The zero-order valence-corrected chi connectivity index (χ0v) is 13.9. The minimum atomic E-state index is -0.398. The second-order valence-corrected chi connectivity index (χ2v) is 6.05. The first-order chi connectivity index (χ1) is 11.9. The number of carbonyl (C=O) groups is 2. The number of H-pyrrole nitrogens is 1. The molecule has 0 aliphatic carbocycles. The number of nitrogens with one attached hydrogen (secondary N) is 2. The van der Waals surface area contributed by atoms with Crippen molar-refractivity contribution >= 4 is 35.0 Å². The smallest absolute Gasteiger partial charge is 0.253 e. The van der Waals surface area contributed by atoms with E-state index in [1.807, 2.05) is 0 Å². The van der Waals surface area contributed by atoms with Gasteiger partial charge in [0.25, 0.3) is 5.56 Å². The third-order valence-electron chi connectivity index (χ3n) is 3.25. The monoisotopic (exact) mass is 362 g/mol. The van der Waals surface area contributed by atoms with Gasteiger partial charge in [0.05, 0.1) is 17.0 Å². The molecule has 0 fully saturated rings. The summed E-state index contributed by atoms with van der Waals surface area (Å²) in [5.74, 6) is 0.182. The van der Waals surface area contributed by atoms with E-state index in [-0.39, 0.29) is 40.8 Å². The van der Waals surface area contributed by atoms with Gasteiger partial charge in [0.15, 0.2) is 22.4 Å². The summed E-state index contributed by atoms with van der Waals surface area (Å²) in [5.41, 5.74) is 5.67. The van der Waals surface area contributed by atoms with Crippen molar-refractivity contribution in [2.45, 2.75) is 12.1 Å². The maximum Gasteiger partial charge on any atom is 0.253 e. The van der Waals surface area contributed by atoms with Crippen molar-refractivity contribution in [1.29, 1.82) is 0 Å². The Bertz CT molecular complexity index is 911. The third kappa shape index (κ3) is 3.74. The van der Waals surface area contributed by atoms with Crippen LogP contribution in [0.2, 0.25) is 0 Å². The lowest BCUT2D eigenvalue weighted by Crippen LogP contribution is -2.17. The Morgan fingerprint density at radius 2 is 2.20 bits per heavy atom. The maximum atomic E-state index is 12.2. The first-order valence-electron chi connectivity index (χ1n) is 7.17. The number of Topliss-reactive ketones (excluding diaryl/α,β-unsaturated/α-hetero) is 1. The highest BCUT2D eigenvalue weighted by molar-refractivity contribution is 7.99. The van der Waals surface area contributed by atoms with Gasteiger partial charge in [0.2, 0.25) is 12.7 Å². The van der Waals surface area contributed by atoms with Crippen LogP contribution < -0.4 is 26.1 Å². The Morgan fingerprint density at radius 1 is 1.40 bits per heavy atom. The SMILES string of the molecule is CC(=O)c1c(NC(=O)CSc2nc(N)cc(=O)[nH]2)ccc2c1OCO2. The molecule has 130 valence electrons. The molecular formula is C15H14N4O5S. The number of anilines is 2. The number of carbonyl (C=O) groups excluding carboxylic acids is 2. The van der Waals surface area contributed by atoms with Gasteiger partial charge < -0.3 is 25.5 Å². The fourth-order valence-electron chi connectivity index (χ4n) is 2.27. The van der Waals surface area contributed by atoms with Crippen LogP contribution in [0, 0.1) is 0 Å². The summed E-state index contributed by atoms with van der Waals surface area (Å²) >= 11 is 1.02. The number of thioether (sulfide) groups is 1. The number of ketones is 1. The summed E-state index contributed by atoms with van der Waals surface area (Å²) in [7, 11) is 0. The van der Waals surface area contributed by atoms with E-state index in [1.165, 1.54) is 6.92 Å². The van der Waals surface area contributed by atoms with Gasteiger partial charge in [0.1, 0.15) is 5.82 Å². The van der Waals surface area contributed by atoms with Crippen molar-refractivity contribution < 1.29 is 19.1 Å². The van der Waals surface area contributed by atoms with Crippen LogP contribution >= 0.6 is 11.8 Å². The number of benzene rings is 1. The molecule has 0 unspecified atom stereocenters. The van der Waals surface area contributed by atoms with Gasteiger partial charge in [-0.3, -0.25) is 14.4 Å². The topological polar surface area (TPSA) is 136 Å². The van der Waals surface area contributed by atoms with Crippen LogP contribution in [0.1, 0.15) is 17.3 Å². The highest BCUT2D eigenvalue weighted by Gasteiger charge is 2.24. The molecule has 9 nitrogen and oxygen atoms in total. The summed E-state index contributed by atoms with van der Waals surface area (Å²) in [4.78, 5) is 41.8. The third-order valence-corrected chi connectivity index (χ3v) is 4.12. The van der Waals surface area contributed by atoms with Crippen LogP contribution in [0.3, 0.4) is 0 Å². The number of nitrogen functional groups attached to an aromatic ring is 1. The Hall–Kier alpha value is -3.01. The van der Waals surface area contributed by atoms with Crippen LogP contribution in [-0.2, 0) is 4.79 Å². The average molecular weight is 362 g/mol. The summed E-state index contributed by atoms with van der Waals surface area (Å²) < 4.78 is 10.5. The lowest BCUT2D eigenvalue weighted by atomic mass is 10.1. The first kappa shape index (κ1) is 16.8. The van der Waals surface area contributed by atoms with E-state index < -0.39 is 5.56 Å². The van der Waals surface area contributed by atoms with E-state index in [4.69, 9.17) is 15.2 Å². The molecule has 10 heteroatoms. The Morgan fingerprint density at radius 3 is 2.92 bits per heavy atom. The van der Waals surface area contributed by atoms with Crippen LogP contribution in [0.5, 0.6) is 11.5 Å². The number of ether oxygens (including phenoxy) is 2. The molecule has 0 saturated carbocycles. The molecule has 0 atom stereocenters. The number of aromatic nitrogens is 2. The molecule has 4 N–H and O–H groups in total. The lowest BCUT2D eigenvalue weighted by Gasteiger charge is -2.11. The Labute approximate surface area is 145 Å². The molecule has 3 rings (SSSR count). The van der Waals surface area contributed by atoms with E-state index in [9.17, 15) is 14.4 Å². The number of nitrogens with zero attached hydrogens (tertiary/aromatic N) is 1. The van der Waals surface area contributed by atoms with Crippen molar-refractivity contribution in [3.05, 3.63) is 34.1 Å². The average Bonchev–Trinajstić information content (AvgIpc) is 3.00. The van der Waals surface area contributed by atoms with Gasteiger partial charge in [-0.2, -0.15) is 0 Å². The highest BCUT2D eigenvalue weighted by atomic mass is 32.2. The second-order valence-electron chi connectivity index (χ2n) is 5.09. The molecule has 2 heterocycles. The first-order valence-corrected chi connectivity index (χ1v) is 8.15. The van der Waals surface area contributed by atoms with Crippen molar-refractivity contribution in [2.24, 2.45) is 0 Å².